The minimum absolute atomic E-state index is 0.0137. The summed E-state index contributed by atoms with van der Waals surface area (Å²) in [5.74, 6) is -0.244. The van der Waals surface area contributed by atoms with Crippen molar-refractivity contribution in [2.24, 2.45) is 0 Å². The van der Waals surface area contributed by atoms with Gasteiger partial charge in [0.05, 0.1) is 0 Å². The van der Waals surface area contributed by atoms with Crippen LogP contribution in [0.15, 0.2) is 78.9 Å². The molecule has 5 nitrogen and oxygen atoms in total. The maximum absolute atomic E-state index is 12.2. The van der Waals surface area contributed by atoms with Crippen molar-refractivity contribution in [3.05, 3.63) is 90.0 Å². The molecule has 30 heavy (non-hydrogen) atoms. The Bertz CT molecular complexity index is 989. The molecule has 5 heteroatoms. The smallest absolute Gasteiger partial charge is 0.276 e. The molecule has 0 aliphatic rings. The Hall–Kier alpha value is -3.60. The second kappa shape index (κ2) is 9.27. The van der Waals surface area contributed by atoms with Crippen molar-refractivity contribution in [1.82, 2.24) is 10.9 Å². The van der Waals surface area contributed by atoms with Crippen molar-refractivity contribution in [2.75, 3.05) is 6.61 Å². The number of hydrazine groups is 1. The van der Waals surface area contributed by atoms with Crippen LogP contribution in [0.5, 0.6) is 5.75 Å². The molecule has 3 rings (SSSR count). The van der Waals surface area contributed by atoms with E-state index in [1.54, 1.807) is 12.1 Å². The fourth-order valence-electron chi connectivity index (χ4n) is 2.88. The van der Waals surface area contributed by atoms with Gasteiger partial charge in [-0.05, 0) is 46.4 Å². The van der Waals surface area contributed by atoms with E-state index in [4.69, 9.17) is 4.74 Å². The number of ether oxygens (including phenoxy) is 1. The standard InChI is InChI=1S/C25H26N2O3/c1-25(2,3)21-13-9-20(10-14-21)24(29)27-26-23(28)17-30-22-15-11-19(12-16-22)18-7-5-4-6-8-18/h4-16H,17H2,1-3H3,(H,26,28)(H,27,29). The van der Waals surface area contributed by atoms with Gasteiger partial charge in [-0.25, -0.2) is 0 Å². The van der Waals surface area contributed by atoms with Crippen LogP contribution in [0, 0.1) is 0 Å². The zero-order valence-electron chi connectivity index (χ0n) is 17.4. The van der Waals surface area contributed by atoms with Crippen molar-refractivity contribution in [3.8, 4) is 16.9 Å². The molecule has 3 aromatic carbocycles. The highest BCUT2D eigenvalue weighted by Crippen LogP contribution is 2.23. The molecule has 0 saturated heterocycles. The van der Waals surface area contributed by atoms with Crippen molar-refractivity contribution in [1.29, 1.82) is 0 Å². The van der Waals surface area contributed by atoms with Crippen molar-refractivity contribution in [3.63, 3.8) is 0 Å². The number of benzene rings is 3. The molecule has 0 radical (unpaired) electrons. The van der Waals surface area contributed by atoms with Crippen molar-refractivity contribution < 1.29 is 14.3 Å². The predicted molar refractivity (Wildman–Crippen MR) is 118 cm³/mol. The summed E-state index contributed by atoms with van der Waals surface area (Å²) in [5.41, 5.74) is 8.57. The Kier molecular flexibility index (Phi) is 6.52. The van der Waals surface area contributed by atoms with Crippen molar-refractivity contribution >= 4 is 11.8 Å². The summed E-state index contributed by atoms with van der Waals surface area (Å²) in [7, 11) is 0. The first kappa shape index (κ1) is 21.1. The zero-order valence-corrected chi connectivity index (χ0v) is 17.4. The third kappa shape index (κ3) is 5.70. The third-order valence-corrected chi connectivity index (χ3v) is 4.66. The monoisotopic (exact) mass is 402 g/mol. The van der Waals surface area contributed by atoms with Gasteiger partial charge in [0, 0.05) is 5.56 Å². The van der Waals surface area contributed by atoms with Gasteiger partial charge in [0.1, 0.15) is 5.75 Å². The summed E-state index contributed by atoms with van der Waals surface area (Å²) in [6.45, 7) is 6.13. The van der Waals surface area contributed by atoms with Gasteiger partial charge in [-0.1, -0.05) is 75.4 Å². The van der Waals surface area contributed by atoms with E-state index in [0.29, 0.717) is 11.3 Å². The highest BCUT2D eigenvalue weighted by Gasteiger charge is 2.14. The molecule has 154 valence electrons. The Balaban J connectivity index is 1.46. The van der Waals surface area contributed by atoms with E-state index in [2.05, 4.69) is 31.6 Å². The third-order valence-electron chi connectivity index (χ3n) is 4.66. The molecule has 0 spiro atoms. The molecule has 0 aliphatic carbocycles. The van der Waals surface area contributed by atoms with Crippen LogP contribution >= 0.6 is 0 Å². The molecule has 3 aromatic rings. The molecule has 0 saturated carbocycles. The number of hydrogen-bond acceptors (Lipinski definition) is 3. The van der Waals surface area contributed by atoms with E-state index in [1.807, 2.05) is 66.7 Å². The molecule has 2 amide bonds. The van der Waals surface area contributed by atoms with Crippen LogP contribution in [0.4, 0.5) is 0 Å². The first-order valence-electron chi connectivity index (χ1n) is 9.81. The van der Waals surface area contributed by atoms with Gasteiger partial charge in [-0.2, -0.15) is 0 Å². The molecule has 0 atom stereocenters. The molecule has 0 heterocycles. The van der Waals surface area contributed by atoms with Gasteiger partial charge in [-0.15, -0.1) is 0 Å². The molecule has 0 aromatic heterocycles. The lowest BCUT2D eigenvalue weighted by Gasteiger charge is -2.19. The van der Waals surface area contributed by atoms with Gasteiger partial charge < -0.3 is 4.74 Å². The van der Waals surface area contributed by atoms with Crippen LogP contribution in [0.1, 0.15) is 36.7 Å². The van der Waals surface area contributed by atoms with Gasteiger partial charge >= 0.3 is 0 Å². The van der Waals surface area contributed by atoms with Crippen LogP contribution in [0.3, 0.4) is 0 Å². The summed E-state index contributed by atoms with van der Waals surface area (Å²) in [6.07, 6.45) is 0. The minimum atomic E-state index is -0.443. The van der Waals surface area contributed by atoms with Gasteiger partial charge in [0.15, 0.2) is 6.61 Å². The Morgan fingerprint density at radius 1 is 0.767 bits per heavy atom. The molecular formula is C25H26N2O3. The largest absolute Gasteiger partial charge is 0.484 e. The summed E-state index contributed by atoms with van der Waals surface area (Å²) >= 11 is 0. The lowest BCUT2D eigenvalue weighted by atomic mass is 9.87. The van der Waals surface area contributed by atoms with Crippen molar-refractivity contribution in [2.45, 2.75) is 26.2 Å². The van der Waals surface area contributed by atoms with E-state index in [9.17, 15) is 9.59 Å². The molecule has 0 unspecified atom stereocenters. The Morgan fingerprint density at radius 2 is 1.37 bits per heavy atom. The highest BCUT2D eigenvalue weighted by molar-refractivity contribution is 5.95. The molecule has 0 aliphatic heterocycles. The van der Waals surface area contributed by atoms with E-state index in [1.165, 1.54) is 0 Å². The minimum Gasteiger partial charge on any atom is -0.484 e. The highest BCUT2D eigenvalue weighted by atomic mass is 16.5. The van der Waals surface area contributed by atoms with Crippen LogP contribution in [-0.2, 0) is 10.2 Å². The second-order valence-electron chi connectivity index (χ2n) is 8.01. The van der Waals surface area contributed by atoms with E-state index < -0.39 is 5.91 Å². The zero-order chi connectivity index (χ0) is 21.6. The first-order chi connectivity index (χ1) is 14.3. The molecule has 0 fully saturated rings. The average Bonchev–Trinajstić information content (AvgIpc) is 2.76. The van der Waals surface area contributed by atoms with E-state index in [-0.39, 0.29) is 17.9 Å². The fraction of sp³-hybridized carbons (Fsp3) is 0.200. The first-order valence-corrected chi connectivity index (χ1v) is 9.81. The Labute approximate surface area is 177 Å². The lowest BCUT2D eigenvalue weighted by molar-refractivity contribution is -0.123. The SMILES string of the molecule is CC(C)(C)c1ccc(C(=O)NNC(=O)COc2ccc(-c3ccccc3)cc2)cc1. The quantitative estimate of drug-likeness (QED) is 0.618. The van der Waals surface area contributed by atoms with Crippen LogP contribution in [0.2, 0.25) is 0 Å². The van der Waals surface area contributed by atoms with Gasteiger partial charge in [0.2, 0.25) is 0 Å². The number of amides is 2. The summed E-state index contributed by atoms with van der Waals surface area (Å²) in [4.78, 5) is 24.2. The molecular weight excluding hydrogens is 376 g/mol. The number of nitrogens with one attached hydrogen (secondary N) is 2. The number of rotatable bonds is 5. The van der Waals surface area contributed by atoms with Crippen LogP contribution in [0.25, 0.3) is 11.1 Å². The van der Waals surface area contributed by atoms with Gasteiger partial charge in [-0.3, -0.25) is 20.4 Å². The number of hydrogen-bond donors (Lipinski definition) is 2. The molecule has 2 N–H and O–H groups in total. The molecule has 0 bridgehead atoms. The van der Waals surface area contributed by atoms with Gasteiger partial charge in [0.25, 0.3) is 11.8 Å². The maximum atomic E-state index is 12.2. The summed E-state index contributed by atoms with van der Waals surface area (Å²) < 4.78 is 5.49. The normalized spacial score (nSPS) is 10.9. The number of carbonyl (C=O) groups is 2. The average molecular weight is 402 g/mol. The number of carbonyl (C=O) groups excluding carboxylic acids is 2. The maximum Gasteiger partial charge on any atom is 0.276 e. The lowest BCUT2D eigenvalue weighted by Crippen LogP contribution is -2.43. The topological polar surface area (TPSA) is 67.4 Å². The van der Waals surface area contributed by atoms with Crippen LogP contribution in [-0.4, -0.2) is 18.4 Å². The van der Waals surface area contributed by atoms with Crippen LogP contribution < -0.4 is 15.6 Å². The van der Waals surface area contributed by atoms with E-state index in [0.717, 1.165) is 16.7 Å². The summed E-state index contributed by atoms with van der Waals surface area (Å²) in [5, 5.41) is 0. The van der Waals surface area contributed by atoms with E-state index >= 15 is 0 Å². The second-order valence-corrected chi connectivity index (χ2v) is 8.01. The predicted octanol–water partition coefficient (Wildman–Crippen LogP) is 4.49. The fourth-order valence-corrected chi connectivity index (χ4v) is 2.88. The summed E-state index contributed by atoms with van der Waals surface area (Å²) in [6, 6.07) is 24.8. The Morgan fingerprint density at radius 3 is 1.97 bits per heavy atom.